The summed E-state index contributed by atoms with van der Waals surface area (Å²) >= 11 is 0. The van der Waals surface area contributed by atoms with Gasteiger partial charge in [-0.3, -0.25) is 0 Å². The van der Waals surface area contributed by atoms with Gasteiger partial charge in [0.2, 0.25) is 0 Å². The summed E-state index contributed by atoms with van der Waals surface area (Å²) in [5.41, 5.74) is 1.32. The number of hydrogen-bond donors (Lipinski definition) is 0. The minimum absolute atomic E-state index is 0.558. The average molecular weight is 193 g/mol. The molecule has 0 N–H and O–H groups in total. The third-order valence-corrected chi connectivity index (χ3v) is 2.06. The van der Waals surface area contributed by atoms with Crippen LogP contribution in [-0.2, 0) is 11.2 Å². The van der Waals surface area contributed by atoms with Crippen molar-refractivity contribution in [3.63, 3.8) is 0 Å². The molecule has 77 valence electrons. The van der Waals surface area contributed by atoms with E-state index < -0.39 is 0 Å². The zero-order valence-electron chi connectivity index (χ0n) is 8.66. The van der Waals surface area contributed by atoms with E-state index in [0.29, 0.717) is 6.61 Å². The second-order valence-electron chi connectivity index (χ2n) is 3.06. The van der Waals surface area contributed by atoms with Gasteiger partial charge in [0.15, 0.2) is 0 Å². The Morgan fingerprint density at radius 1 is 1.21 bits per heavy atom. The van der Waals surface area contributed by atoms with Crippen LogP contribution in [-0.4, -0.2) is 20.3 Å². The van der Waals surface area contributed by atoms with Crippen molar-refractivity contribution in [3.05, 3.63) is 36.8 Å². The molecule has 14 heavy (non-hydrogen) atoms. The van der Waals surface area contributed by atoms with E-state index in [9.17, 15) is 0 Å². The number of aryl methyl sites for hydroxylation is 1. The quantitative estimate of drug-likeness (QED) is 0.646. The van der Waals surface area contributed by atoms with Gasteiger partial charge in [0, 0.05) is 13.2 Å². The molecular weight excluding hydrogens is 176 g/mol. The summed E-state index contributed by atoms with van der Waals surface area (Å²) in [7, 11) is 1.68. The van der Waals surface area contributed by atoms with E-state index in [-0.39, 0.29) is 0 Å². The van der Waals surface area contributed by atoms with Gasteiger partial charge < -0.3 is 9.47 Å². The van der Waals surface area contributed by atoms with Crippen LogP contribution < -0.4 is 4.74 Å². The lowest BCUT2D eigenvalue weighted by atomic mass is 10.1. The van der Waals surface area contributed by atoms with Crippen molar-refractivity contribution in [2.75, 3.05) is 20.3 Å². The van der Waals surface area contributed by atoms with Crippen molar-refractivity contribution in [2.24, 2.45) is 0 Å². The molecule has 0 amide bonds. The topological polar surface area (TPSA) is 18.5 Å². The molecule has 2 heteroatoms. The SMILES string of the molecule is [CH2]COCCCc1ccc(OC)cc1. The highest BCUT2D eigenvalue weighted by molar-refractivity contribution is 5.27. The van der Waals surface area contributed by atoms with E-state index in [1.807, 2.05) is 12.1 Å². The van der Waals surface area contributed by atoms with Crippen LogP contribution in [0.4, 0.5) is 0 Å². The Hall–Kier alpha value is -1.02. The lowest BCUT2D eigenvalue weighted by Crippen LogP contribution is -1.96. The third-order valence-electron chi connectivity index (χ3n) is 2.06. The molecule has 0 aromatic heterocycles. The molecule has 0 saturated heterocycles. The minimum Gasteiger partial charge on any atom is -0.497 e. The molecular formula is C12H17O2. The molecule has 0 aliphatic carbocycles. The summed E-state index contributed by atoms with van der Waals surface area (Å²) in [5, 5.41) is 0. The maximum atomic E-state index is 5.16. The van der Waals surface area contributed by atoms with E-state index in [0.717, 1.165) is 25.2 Å². The third kappa shape index (κ3) is 3.79. The molecule has 0 unspecified atom stereocenters. The molecule has 0 saturated carbocycles. The molecule has 0 aliphatic rings. The molecule has 1 radical (unpaired) electrons. The van der Waals surface area contributed by atoms with Crippen LogP contribution in [0.2, 0.25) is 0 Å². The van der Waals surface area contributed by atoms with Gasteiger partial charge in [0.1, 0.15) is 5.75 Å². The predicted molar refractivity (Wildman–Crippen MR) is 57.5 cm³/mol. The van der Waals surface area contributed by atoms with E-state index in [1.165, 1.54) is 5.56 Å². The van der Waals surface area contributed by atoms with Crippen molar-refractivity contribution in [2.45, 2.75) is 12.8 Å². The van der Waals surface area contributed by atoms with E-state index in [2.05, 4.69) is 19.1 Å². The van der Waals surface area contributed by atoms with Gasteiger partial charge in [-0.25, -0.2) is 0 Å². The molecule has 1 rings (SSSR count). The number of ether oxygens (including phenoxy) is 2. The molecule has 2 nitrogen and oxygen atoms in total. The van der Waals surface area contributed by atoms with Gasteiger partial charge >= 0.3 is 0 Å². The van der Waals surface area contributed by atoms with Crippen molar-refractivity contribution in [1.82, 2.24) is 0 Å². The molecule has 0 aliphatic heterocycles. The second kappa shape index (κ2) is 6.44. The Kier molecular flexibility index (Phi) is 5.08. The van der Waals surface area contributed by atoms with Gasteiger partial charge in [-0.15, -0.1) is 0 Å². The monoisotopic (exact) mass is 193 g/mol. The van der Waals surface area contributed by atoms with E-state index in [1.54, 1.807) is 7.11 Å². The minimum atomic E-state index is 0.558. The van der Waals surface area contributed by atoms with Crippen LogP contribution >= 0.6 is 0 Å². The lowest BCUT2D eigenvalue weighted by molar-refractivity contribution is 0.158. The van der Waals surface area contributed by atoms with Crippen LogP contribution in [0.25, 0.3) is 0 Å². The first-order valence-electron chi connectivity index (χ1n) is 4.86. The maximum Gasteiger partial charge on any atom is 0.118 e. The van der Waals surface area contributed by atoms with Gasteiger partial charge in [-0.2, -0.15) is 0 Å². The summed E-state index contributed by atoms with van der Waals surface area (Å²) in [5.74, 6) is 0.905. The van der Waals surface area contributed by atoms with Gasteiger partial charge in [0.25, 0.3) is 0 Å². The zero-order chi connectivity index (χ0) is 10.2. The summed E-state index contributed by atoms with van der Waals surface area (Å²) in [6, 6.07) is 8.14. The van der Waals surface area contributed by atoms with Gasteiger partial charge in [-0.1, -0.05) is 12.1 Å². The van der Waals surface area contributed by atoms with Gasteiger partial charge in [-0.05, 0) is 37.5 Å². The molecule has 1 aromatic rings. The average Bonchev–Trinajstić information content (AvgIpc) is 2.25. The maximum absolute atomic E-state index is 5.16. The fourth-order valence-corrected chi connectivity index (χ4v) is 1.27. The van der Waals surface area contributed by atoms with Crippen molar-refractivity contribution < 1.29 is 9.47 Å². The fraction of sp³-hybridized carbons (Fsp3) is 0.417. The van der Waals surface area contributed by atoms with Crippen LogP contribution in [0.1, 0.15) is 12.0 Å². The Morgan fingerprint density at radius 3 is 2.50 bits per heavy atom. The molecule has 0 fully saturated rings. The highest BCUT2D eigenvalue weighted by Crippen LogP contribution is 2.12. The standard InChI is InChI=1S/C12H17O2/c1-3-14-10-4-5-11-6-8-12(13-2)9-7-11/h6-9H,1,3-5,10H2,2H3. The first-order chi connectivity index (χ1) is 6.86. The lowest BCUT2D eigenvalue weighted by Gasteiger charge is -2.03. The van der Waals surface area contributed by atoms with Crippen molar-refractivity contribution in [3.8, 4) is 5.75 Å². The predicted octanol–water partition coefficient (Wildman–Crippen LogP) is 2.48. The second-order valence-corrected chi connectivity index (χ2v) is 3.06. The number of rotatable bonds is 6. The summed E-state index contributed by atoms with van der Waals surface area (Å²) < 4.78 is 10.2. The Morgan fingerprint density at radius 2 is 1.93 bits per heavy atom. The fourth-order valence-electron chi connectivity index (χ4n) is 1.27. The number of hydrogen-bond acceptors (Lipinski definition) is 2. The largest absolute Gasteiger partial charge is 0.497 e. The molecule has 1 aromatic carbocycles. The Bertz CT molecular complexity index is 241. The van der Waals surface area contributed by atoms with E-state index in [4.69, 9.17) is 9.47 Å². The van der Waals surface area contributed by atoms with Crippen LogP contribution in [0.15, 0.2) is 24.3 Å². The number of benzene rings is 1. The Balaban J connectivity index is 2.29. The first-order valence-corrected chi connectivity index (χ1v) is 4.86. The highest BCUT2D eigenvalue weighted by atomic mass is 16.5. The summed E-state index contributed by atoms with van der Waals surface area (Å²) in [6.07, 6.45) is 2.09. The van der Waals surface area contributed by atoms with Crippen LogP contribution in [0, 0.1) is 6.92 Å². The van der Waals surface area contributed by atoms with Gasteiger partial charge in [0.05, 0.1) is 7.11 Å². The highest BCUT2D eigenvalue weighted by Gasteiger charge is 1.94. The van der Waals surface area contributed by atoms with Crippen LogP contribution in [0.5, 0.6) is 5.75 Å². The Labute approximate surface area is 85.8 Å². The summed E-state index contributed by atoms with van der Waals surface area (Å²) in [6.45, 7) is 4.96. The summed E-state index contributed by atoms with van der Waals surface area (Å²) in [4.78, 5) is 0. The van der Waals surface area contributed by atoms with E-state index >= 15 is 0 Å². The zero-order valence-corrected chi connectivity index (χ0v) is 8.66. The van der Waals surface area contributed by atoms with Crippen molar-refractivity contribution in [1.29, 1.82) is 0 Å². The molecule has 0 heterocycles. The molecule has 0 bridgehead atoms. The first kappa shape index (κ1) is 11.1. The molecule has 0 spiro atoms. The normalized spacial score (nSPS) is 10.1. The van der Waals surface area contributed by atoms with Crippen molar-refractivity contribution >= 4 is 0 Å². The number of methoxy groups -OCH3 is 1. The van der Waals surface area contributed by atoms with Crippen LogP contribution in [0.3, 0.4) is 0 Å². The molecule has 0 atom stereocenters. The smallest absolute Gasteiger partial charge is 0.118 e.